The molecule has 0 spiro atoms. The summed E-state index contributed by atoms with van der Waals surface area (Å²) in [4.78, 5) is 25.2. The third kappa shape index (κ3) is 4.57. The van der Waals surface area contributed by atoms with Crippen LogP contribution >= 0.6 is 0 Å². The molecule has 0 aliphatic rings. The topological polar surface area (TPSA) is 76.0 Å². The molecule has 0 bridgehead atoms. The molecule has 6 nitrogen and oxygen atoms in total. The Kier molecular flexibility index (Phi) is 5.43. The van der Waals surface area contributed by atoms with E-state index in [1.165, 1.54) is 0 Å². The third-order valence-electron chi connectivity index (χ3n) is 3.91. The molecule has 1 heterocycles. The number of hydrogen-bond donors (Lipinski definition) is 2. The first-order valence-electron chi connectivity index (χ1n) is 8.32. The lowest BCUT2D eigenvalue weighted by atomic mass is 10.0. The number of aryl methyl sites for hydroxylation is 1. The predicted molar refractivity (Wildman–Crippen MR) is 99.7 cm³/mol. The first-order chi connectivity index (χ1) is 12.6. The van der Waals surface area contributed by atoms with E-state index in [1.807, 2.05) is 36.4 Å². The van der Waals surface area contributed by atoms with Crippen molar-refractivity contribution in [1.29, 1.82) is 0 Å². The first-order valence-corrected chi connectivity index (χ1v) is 8.32. The van der Waals surface area contributed by atoms with Crippen LogP contribution in [0.25, 0.3) is 0 Å². The number of anilines is 1. The van der Waals surface area contributed by atoms with Crippen molar-refractivity contribution >= 4 is 17.6 Å². The van der Waals surface area contributed by atoms with Crippen molar-refractivity contribution in [2.45, 2.75) is 12.5 Å². The highest BCUT2D eigenvalue weighted by Gasteiger charge is 2.22. The average Bonchev–Trinajstić information content (AvgIpc) is 3.07. The van der Waals surface area contributed by atoms with Crippen molar-refractivity contribution < 1.29 is 9.59 Å². The summed E-state index contributed by atoms with van der Waals surface area (Å²) in [5, 5.41) is 9.73. The molecule has 2 aromatic carbocycles. The van der Waals surface area contributed by atoms with Crippen molar-refractivity contribution in [2.24, 2.45) is 7.05 Å². The molecular weight excluding hydrogens is 328 g/mol. The number of hydrogen-bond acceptors (Lipinski definition) is 3. The van der Waals surface area contributed by atoms with Crippen LogP contribution in [0, 0.1) is 0 Å². The van der Waals surface area contributed by atoms with Gasteiger partial charge < -0.3 is 10.6 Å². The molecule has 0 aliphatic heterocycles. The van der Waals surface area contributed by atoms with Crippen molar-refractivity contribution in [3.05, 3.63) is 84.1 Å². The van der Waals surface area contributed by atoms with Gasteiger partial charge in [0.1, 0.15) is 6.04 Å². The van der Waals surface area contributed by atoms with Crippen LogP contribution < -0.4 is 10.6 Å². The Bertz CT molecular complexity index is 875. The van der Waals surface area contributed by atoms with E-state index in [2.05, 4.69) is 15.7 Å². The molecule has 2 N–H and O–H groups in total. The van der Waals surface area contributed by atoms with Crippen LogP contribution in [0.2, 0.25) is 0 Å². The molecule has 1 atom stereocenters. The van der Waals surface area contributed by atoms with Crippen LogP contribution in [0.15, 0.2) is 72.9 Å². The summed E-state index contributed by atoms with van der Waals surface area (Å²) in [6.45, 7) is 0. The monoisotopic (exact) mass is 348 g/mol. The lowest BCUT2D eigenvalue weighted by Crippen LogP contribution is -2.45. The molecule has 0 saturated carbocycles. The molecule has 3 aromatic rings. The summed E-state index contributed by atoms with van der Waals surface area (Å²) in [5.41, 5.74) is 1.47. The fraction of sp³-hybridized carbons (Fsp3) is 0.150. The Balaban J connectivity index is 1.76. The minimum absolute atomic E-state index is 0.289. The van der Waals surface area contributed by atoms with Gasteiger partial charge >= 0.3 is 0 Å². The Hall–Kier alpha value is -3.41. The molecule has 2 amide bonds. The fourth-order valence-corrected chi connectivity index (χ4v) is 2.59. The van der Waals surface area contributed by atoms with E-state index in [1.54, 1.807) is 48.3 Å². The summed E-state index contributed by atoms with van der Waals surface area (Å²) in [7, 11) is 1.77. The maximum atomic E-state index is 12.7. The number of amides is 2. The van der Waals surface area contributed by atoms with E-state index in [9.17, 15) is 9.59 Å². The van der Waals surface area contributed by atoms with Gasteiger partial charge in [-0.25, -0.2) is 0 Å². The van der Waals surface area contributed by atoms with Crippen LogP contribution in [-0.2, 0) is 18.3 Å². The van der Waals surface area contributed by atoms with Crippen molar-refractivity contribution in [2.75, 3.05) is 5.32 Å². The molecule has 3 rings (SSSR count). The molecule has 132 valence electrons. The van der Waals surface area contributed by atoms with Crippen molar-refractivity contribution in [3.63, 3.8) is 0 Å². The van der Waals surface area contributed by atoms with E-state index in [4.69, 9.17) is 0 Å². The number of rotatable bonds is 6. The number of nitrogens with one attached hydrogen (secondary N) is 2. The zero-order valence-corrected chi connectivity index (χ0v) is 14.4. The van der Waals surface area contributed by atoms with Gasteiger partial charge in [-0.1, -0.05) is 48.5 Å². The highest BCUT2D eigenvalue weighted by molar-refractivity contribution is 6.00. The number of nitrogens with zero attached hydrogens (tertiary/aromatic N) is 2. The van der Waals surface area contributed by atoms with Crippen LogP contribution in [0.1, 0.15) is 15.9 Å². The highest BCUT2D eigenvalue weighted by Crippen LogP contribution is 2.08. The maximum absolute atomic E-state index is 12.7. The Morgan fingerprint density at radius 1 is 1.00 bits per heavy atom. The van der Waals surface area contributed by atoms with E-state index >= 15 is 0 Å². The summed E-state index contributed by atoms with van der Waals surface area (Å²) in [6.07, 6.45) is 2.13. The van der Waals surface area contributed by atoms with E-state index < -0.39 is 6.04 Å². The summed E-state index contributed by atoms with van der Waals surface area (Å²) < 4.78 is 1.60. The second-order valence-electron chi connectivity index (χ2n) is 5.95. The minimum Gasteiger partial charge on any atom is -0.340 e. The largest absolute Gasteiger partial charge is 0.340 e. The Morgan fingerprint density at radius 2 is 1.65 bits per heavy atom. The van der Waals surface area contributed by atoms with Crippen molar-refractivity contribution in [1.82, 2.24) is 15.1 Å². The van der Waals surface area contributed by atoms with Crippen LogP contribution in [0.3, 0.4) is 0 Å². The number of carbonyl (C=O) groups is 2. The van der Waals surface area contributed by atoms with Gasteiger partial charge in [0.05, 0.1) is 0 Å². The van der Waals surface area contributed by atoms with E-state index in [-0.39, 0.29) is 11.8 Å². The lowest BCUT2D eigenvalue weighted by Gasteiger charge is -2.18. The SMILES string of the molecule is Cn1ccc(NC(=O)[C@@H](Cc2ccccc2)NC(=O)c2ccccc2)n1. The quantitative estimate of drug-likeness (QED) is 0.718. The van der Waals surface area contributed by atoms with Crippen LogP contribution in [0.5, 0.6) is 0 Å². The standard InChI is InChI=1S/C20H20N4O2/c1-24-13-12-18(23-24)22-20(26)17(14-15-8-4-2-5-9-15)21-19(25)16-10-6-3-7-11-16/h2-13,17H,14H2,1H3,(H,21,25)(H,22,23,26)/t17-/m1/s1. The molecule has 0 aliphatic carbocycles. The molecule has 0 saturated heterocycles. The second-order valence-corrected chi connectivity index (χ2v) is 5.95. The Labute approximate surface area is 151 Å². The smallest absolute Gasteiger partial charge is 0.251 e. The second kappa shape index (κ2) is 8.11. The highest BCUT2D eigenvalue weighted by atomic mass is 16.2. The zero-order valence-electron chi connectivity index (χ0n) is 14.4. The van der Waals surface area contributed by atoms with Crippen LogP contribution in [-0.4, -0.2) is 27.6 Å². The van der Waals surface area contributed by atoms with E-state index in [0.29, 0.717) is 17.8 Å². The van der Waals surface area contributed by atoms with Gasteiger partial charge in [0.2, 0.25) is 5.91 Å². The summed E-state index contributed by atoms with van der Waals surface area (Å²) in [6, 6.07) is 19.4. The average molecular weight is 348 g/mol. The predicted octanol–water partition coefficient (Wildman–Crippen LogP) is 2.40. The number of aromatic nitrogens is 2. The molecule has 1 aromatic heterocycles. The fourth-order valence-electron chi connectivity index (χ4n) is 2.59. The maximum Gasteiger partial charge on any atom is 0.251 e. The molecule has 0 unspecified atom stereocenters. The van der Waals surface area contributed by atoms with Gasteiger partial charge in [-0.05, 0) is 17.7 Å². The minimum atomic E-state index is -0.716. The Morgan fingerprint density at radius 3 is 2.27 bits per heavy atom. The van der Waals surface area contributed by atoms with Gasteiger partial charge in [-0.3, -0.25) is 14.3 Å². The molecule has 0 radical (unpaired) electrons. The molecule has 0 fully saturated rings. The van der Waals surface area contributed by atoms with Crippen LogP contribution in [0.4, 0.5) is 5.82 Å². The molecular formula is C20H20N4O2. The molecule has 26 heavy (non-hydrogen) atoms. The van der Waals surface area contributed by atoms with Gasteiger partial charge in [0.25, 0.3) is 5.91 Å². The van der Waals surface area contributed by atoms with Gasteiger partial charge in [-0.15, -0.1) is 0 Å². The molecule has 6 heteroatoms. The van der Waals surface area contributed by atoms with Gasteiger partial charge in [0.15, 0.2) is 5.82 Å². The third-order valence-corrected chi connectivity index (χ3v) is 3.91. The summed E-state index contributed by atoms with van der Waals surface area (Å²) in [5.74, 6) is -0.149. The van der Waals surface area contributed by atoms with Crippen molar-refractivity contribution in [3.8, 4) is 0 Å². The normalized spacial score (nSPS) is 11.6. The van der Waals surface area contributed by atoms with E-state index in [0.717, 1.165) is 5.56 Å². The zero-order chi connectivity index (χ0) is 18.4. The summed E-state index contributed by atoms with van der Waals surface area (Å²) >= 11 is 0. The lowest BCUT2D eigenvalue weighted by molar-refractivity contribution is -0.118. The van der Waals surface area contributed by atoms with Gasteiger partial charge in [0, 0.05) is 31.3 Å². The van der Waals surface area contributed by atoms with Gasteiger partial charge in [-0.2, -0.15) is 5.10 Å². The number of benzene rings is 2. The number of carbonyl (C=O) groups excluding carboxylic acids is 2. The first kappa shape index (κ1) is 17.4.